The van der Waals surface area contributed by atoms with Crippen LogP contribution in [0.3, 0.4) is 0 Å². The molecule has 0 radical (unpaired) electrons. The molecule has 61 heavy (non-hydrogen) atoms. The third kappa shape index (κ3) is 7.51. The van der Waals surface area contributed by atoms with Crippen molar-refractivity contribution < 1.29 is 24.3 Å². The van der Waals surface area contributed by atoms with Gasteiger partial charge in [0.25, 0.3) is 0 Å². The summed E-state index contributed by atoms with van der Waals surface area (Å²) in [5, 5.41) is 21.4. The number of nitrogens with zero attached hydrogens (tertiary/aromatic N) is 7. The number of aromatic hydroxyl groups is 1. The number of carbonyl (C=O) groups is 4. The monoisotopic (exact) mass is 822 g/mol. The van der Waals surface area contributed by atoms with Gasteiger partial charge in [-0.3, -0.25) is 29.4 Å². The molecular formula is C48H54N8O5. The average Bonchev–Trinajstić information content (AvgIpc) is 3.85. The van der Waals surface area contributed by atoms with Crippen LogP contribution in [0.4, 0.5) is 11.4 Å². The summed E-state index contributed by atoms with van der Waals surface area (Å²) in [6, 6.07) is 27.7. The Labute approximate surface area is 356 Å². The lowest BCUT2D eigenvalue weighted by Gasteiger charge is -2.56. The number of piperidine rings is 3. The van der Waals surface area contributed by atoms with Crippen LogP contribution in [-0.4, -0.2) is 126 Å². The maximum Gasteiger partial charge on any atom is 0.236 e. The van der Waals surface area contributed by atoms with Gasteiger partial charge in [0, 0.05) is 88.5 Å². The highest BCUT2D eigenvalue weighted by molar-refractivity contribution is 6.01. The first-order valence-electron chi connectivity index (χ1n) is 22.1. The number of fused-ring (bicyclic) bond motifs is 1. The van der Waals surface area contributed by atoms with Gasteiger partial charge in [-0.2, -0.15) is 10.2 Å². The lowest BCUT2D eigenvalue weighted by Crippen LogP contribution is -2.66. The normalized spacial score (nSPS) is 24.7. The summed E-state index contributed by atoms with van der Waals surface area (Å²) in [7, 11) is 0. The number of nitrogens with one attached hydrogen (secondary N) is 1. The van der Waals surface area contributed by atoms with Crippen LogP contribution in [0.25, 0.3) is 11.3 Å². The van der Waals surface area contributed by atoms with Crippen LogP contribution in [0.2, 0.25) is 0 Å². The van der Waals surface area contributed by atoms with Crippen molar-refractivity contribution in [2.24, 2.45) is 17.3 Å². The molecule has 0 saturated carbocycles. The fourth-order valence-electron chi connectivity index (χ4n) is 11.3. The molecule has 7 heterocycles. The molecule has 0 aliphatic carbocycles. The summed E-state index contributed by atoms with van der Waals surface area (Å²) in [5.41, 5.74) is 4.84. The Kier molecular flexibility index (Phi) is 10.2. The number of likely N-dealkylation sites (tertiary alicyclic amines) is 3. The number of aromatic nitrogens is 2. The number of rotatable bonds is 8. The van der Waals surface area contributed by atoms with Gasteiger partial charge >= 0.3 is 0 Å². The minimum absolute atomic E-state index is 0.0708. The van der Waals surface area contributed by atoms with Gasteiger partial charge in [0.2, 0.25) is 23.6 Å². The molecule has 2 N–H and O–H groups in total. The molecule has 4 amide bonds. The number of para-hydroxylation sites is 1. The van der Waals surface area contributed by atoms with Gasteiger partial charge in [-0.05, 0) is 85.4 Å². The third-order valence-electron chi connectivity index (χ3n) is 14.9. The number of carbonyl (C=O) groups excluding carboxylic acids is 4. The van der Waals surface area contributed by atoms with E-state index in [1.807, 2.05) is 48.5 Å². The topological polar surface area (TPSA) is 143 Å². The Balaban J connectivity index is 0.703. The van der Waals surface area contributed by atoms with E-state index in [-0.39, 0.29) is 40.7 Å². The van der Waals surface area contributed by atoms with Crippen LogP contribution in [0.5, 0.6) is 5.75 Å². The zero-order chi connectivity index (χ0) is 41.7. The van der Waals surface area contributed by atoms with E-state index < -0.39 is 5.41 Å². The van der Waals surface area contributed by atoms with Crippen molar-refractivity contribution in [2.45, 2.75) is 49.9 Å². The van der Waals surface area contributed by atoms with E-state index in [0.717, 1.165) is 87.7 Å². The number of phenols is 1. The third-order valence-corrected chi connectivity index (χ3v) is 14.9. The van der Waals surface area contributed by atoms with E-state index in [4.69, 9.17) is 0 Å². The first-order chi connectivity index (χ1) is 29.6. The van der Waals surface area contributed by atoms with Crippen molar-refractivity contribution in [3.05, 3.63) is 102 Å². The summed E-state index contributed by atoms with van der Waals surface area (Å²) in [6.45, 7) is 8.61. The van der Waals surface area contributed by atoms with Gasteiger partial charge < -0.3 is 24.7 Å². The van der Waals surface area contributed by atoms with Crippen LogP contribution in [0.1, 0.15) is 55.6 Å². The molecule has 10 rings (SSSR count). The SMILES string of the molecule is O=C1CC[C@H](c2ccc(N3C[C@H]4CN(CC(=O)N5CCC6(CC5)CN(C(=O)C5(c7ccccc7)CCN(c7cnnc(-c8ccccc8O)c7)CC5)C6)C[C@@H]4C3)cc2)C(=O)N1. The number of benzene rings is 3. The van der Waals surface area contributed by atoms with Crippen LogP contribution in [0.15, 0.2) is 91.1 Å². The van der Waals surface area contributed by atoms with Crippen molar-refractivity contribution in [3.8, 4) is 17.0 Å². The van der Waals surface area contributed by atoms with Crippen LogP contribution in [-0.2, 0) is 24.6 Å². The Morgan fingerprint density at radius 2 is 1.44 bits per heavy atom. The van der Waals surface area contributed by atoms with Crippen LogP contribution in [0, 0.1) is 17.3 Å². The molecule has 3 aromatic carbocycles. The maximum absolute atomic E-state index is 14.7. The number of imide groups is 1. The van der Waals surface area contributed by atoms with Crippen molar-refractivity contribution >= 4 is 35.0 Å². The molecule has 316 valence electrons. The smallest absolute Gasteiger partial charge is 0.236 e. The molecule has 1 aromatic heterocycles. The number of amides is 4. The van der Waals surface area contributed by atoms with Gasteiger partial charge in [0.05, 0.1) is 35.5 Å². The maximum atomic E-state index is 14.7. The second kappa shape index (κ2) is 15.9. The molecule has 6 fully saturated rings. The van der Waals surface area contributed by atoms with Gasteiger partial charge in [-0.1, -0.05) is 54.6 Å². The highest BCUT2D eigenvalue weighted by atomic mass is 16.3. The molecule has 3 atom stereocenters. The second-order valence-electron chi connectivity index (χ2n) is 18.5. The molecule has 13 heteroatoms. The lowest BCUT2D eigenvalue weighted by atomic mass is 9.67. The number of hydrogen-bond donors (Lipinski definition) is 2. The van der Waals surface area contributed by atoms with Crippen molar-refractivity contribution in [1.82, 2.24) is 30.2 Å². The highest BCUT2D eigenvalue weighted by Gasteiger charge is 2.53. The van der Waals surface area contributed by atoms with Crippen LogP contribution < -0.4 is 15.1 Å². The minimum Gasteiger partial charge on any atom is -0.507 e. The molecule has 6 aliphatic rings. The van der Waals surface area contributed by atoms with E-state index in [2.05, 4.69) is 64.3 Å². The number of anilines is 2. The first-order valence-corrected chi connectivity index (χ1v) is 22.1. The van der Waals surface area contributed by atoms with E-state index >= 15 is 0 Å². The van der Waals surface area contributed by atoms with E-state index in [1.54, 1.807) is 18.3 Å². The molecular weight excluding hydrogens is 769 g/mol. The largest absolute Gasteiger partial charge is 0.507 e. The van der Waals surface area contributed by atoms with Gasteiger partial charge in [0.15, 0.2) is 0 Å². The summed E-state index contributed by atoms with van der Waals surface area (Å²) in [5.74, 6) is 0.973. The van der Waals surface area contributed by atoms with E-state index in [9.17, 15) is 24.3 Å². The predicted molar refractivity (Wildman–Crippen MR) is 231 cm³/mol. The van der Waals surface area contributed by atoms with E-state index in [1.165, 1.54) is 0 Å². The Hall–Kier alpha value is -5.82. The summed E-state index contributed by atoms with van der Waals surface area (Å²) >= 11 is 0. The molecule has 13 nitrogen and oxygen atoms in total. The zero-order valence-electron chi connectivity index (χ0n) is 34.6. The lowest BCUT2D eigenvalue weighted by molar-refractivity contribution is -0.156. The Morgan fingerprint density at radius 3 is 2.13 bits per heavy atom. The van der Waals surface area contributed by atoms with Crippen molar-refractivity contribution in [3.63, 3.8) is 0 Å². The fraction of sp³-hybridized carbons (Fsp3) is 0.458. The molecule has 0 unspecified atom stereocenters. The van der Waals surface area contributed by atoms with Gasteiger partial charge in [-0.15, -0.1) is 0 Å². The Morgan fingerprint density at radius 1 is 0.754 bits per heavy atom. The van der Waals surface area contributed by atoms with Crippen LogP contribution >= 0.6 is 0 Å². The minimum atomic E-state index is -0.607. The summed E-state index contributed by atoms with van der Waals surface area (Å²) in [6.07, 6.45) is 5.91. The fourth-order valence-corrected chi connectivity index (χ4v) is 11.3. The first kappa shape index (κ1) is 39.3. The molecule has 1 spiro atoms. The van der Waals surface area contributed by atoms with Crippen molar-refractivity contribution in [2.75, 3.05) is 81.8 Å². The molecule has 6 aliphatic heterocycles. The van der Waals surface area contributed by atoms with Gasteiger partial charge in [0.1, 0.15) is 5.75 Å². The average molecular weight is 823 g/mol. The number of hydrogen-bond acceptors (Lipinski definition) is 10. The predicted octanol–water partition coefficient (Wildman–Crippen LogP) is 4.43. The standard InChI is InChI=1S/C48H54N8O5/c57-42-9-5-4-8-40(42)41-24-38(25-49-51-41)53-22-18-48(19-23-53,36-6-2-1-3-7-36)46(61)56-31-47(32-56)16-20-54(21-17-47)44(59)30-52-26-34-28-55(29-35(34)27-52)37-12-10-33(11-13-37)39-14-15-43(58)50-45(39)60/h1-13,24-25,34-35,39,57H,14-23,26-32H2,(H,50,58,60)/t34-,35-,39-/m1/s1. The quantitative estimate of drug-likeness (QED) is 0.246. The molecule has 4 aromatic rings. The number of phenolic OH excluding ortho intramolecular Hbond substituents is 1. The molecule has 0 bridgehead atoms. The highest BCUT2D eigenvalue weighted by Crippen LogP contribution is 2.46. The summed E-state index contributed by atoms with van der Waals surface area (Å²) < 4.78 is 0. The summed E-state index contributed by atoms with van der Waals surface area (Å²) in [4.78, 5) is 63.4. The van der Waals surface area contributed by atoms with Crippen molar-refractivity contribution in [1.29, 1.82) is 0 Å². The van der Waals surface area contributed by atoms with Gasteiger partial charge in [-0.25, -0.2) is 0 Å². The Bertz CT molecular complexity index is 2280. The van der Waals surface area contributed by atoms with E-state index in [0.29, 0.717) is 68.4 Å². The molecule has 6 saturated heterocycles. The zero-order valence-corrected chi connectivity index (χ0v) is 34.6. The second-order valence-corrected chi connectivity index (χ2v) is 18.5.